The Morgan fingerprint density at radius 3 is 2.68 bits per heavy atom. The van der Waals surface area contributed by atoms with Gasteiger partial charge in [-0.1, -0.05) is 29.8 Å². The van der Waals surface area contributed by atoms with Gasteiger partial charge in [0.2, 0.25) is 0 Å². The zero-order chi connectivity index (χ0) is 15.9. The fourth-order valence-electron chi connectivity index (χ4n) is 2.71. The summed E-state index contributed by atoms with van der Waals surface area (Å²) in [6, 6.07) is 5.67. The number of hydrogen-bond acceptors (Lipinski definition) is 4. The van der Waals surface area contributed by atoms with Crippen molar-refractivity contribution in [3.63, 3.8) is 0 Å². The summed E-state index contributed by atoms with van der Waals surface area (Å²) in [6.07, 6.45) is 1.51. The van der Waals surface area contributed by atoms with Crippen molar-refractivity contribution >= 4 is 38.9 Å². The first kappa shape index (κ1) is 15.6. The maximum absolute atomic E-state index is 12.8. The number of pyridine rings is 1. The molecule has 118 valence electrons. The van der Waals surface area contributed by atoms with E-state index in [1.807, 2.05) is 25.1 Å². The lowest BCUT2D eigenvalue weighted by Gasteiger charge is -2.41. The normalized spacial score (nSPS) is 19.2. The number of carbonyl (C=O) groups is 1. The van der Waals surface area contributed by atoms with E-state index in [1.165, 1.54) is 6.20 Å². The number of halogens is 1. The average Bonchev–Trinajstić information content (AvgIpc) is 2.48. The topological polar surface area (TPSA) is 73.7 Å². The van der Waals surface area contributed by atoms with Crippen LogP contribution in [-0.4, -0.2) is 49.5 Å². The van der Waals surface area contributed by atoms with E-state index in [2.05, 4.69) is 4.98 Å². The quantitative estimate of drug-likeness (QED) is 0.780. The maximum atomic E-state index is 12.8. The molecule has 0 saturated carbocycles. The first-order valence-electron chi connectivity index (χ1n) is 6.96. The molecule has 5 nitrogen and oxygen atoms in total. The molecule has 2 heterocycles. The van der Waals surface area contributed by atoms with E-state index in [1.54, 1.807) is 4.90 Å². The van der Waals surface area contributed by atoms with Gasteiger partial charge in [-0.2, -0.15) is 10.6 Å². The monoisotopic (exact) mass is 340 g/mol. The van der Waals surface area contributed by atoms with Crippen LogP contribution in [0.15, 0.2) is 24.4 Å². The SMILES string of the molecule is Cc1cccc2c(Cl)ncc(C(=O)N3CCS(O)(O)CC3)c12. The molecule has 2 aromatic rings. The van der Waals surface area contributed by atoms with Crippen molar-refractivity contribution in [1.29, 1.82) is 0 Å². The Balaban J connectivity index is 2.00. The third-order valence-corrected chi connectivity index (χ3v) is 5.94. The van der Waals surface area contributed by atoms with Gasteiger partial charge < -0.3 is 4.90 Å². The molecule has 0 unspecified atom stereocenters. The minimum absolute atomic E-state index is 0.140. The van der Waals surface area contributed by atoms with Gasteiger partial charge in [0, 0.05) is 30.1 Å². The highest BCUT2D eigenvalue weighted by Gasteiger charge is 2.27. The lowest BCUT2D eigenvalue weighted by atomic mass is 10.0. The molecule has 22 heavy (non-hydrogen) atoms. The molecule has 1 amide bonds. The van der Waals surface area contributed by atoms with Gasteiger partial charge in [-0.15, -0.1) is 0 Å². The highest BCUT2D eigenvalue weighted by molar-refractivity contribution is 8.24. The second-order valence-electron chi connectivity index (χ2n) is 5.46. The summed E-state index contributed by atoms with van der Waals surface area (Å²) in [7, 11) is -2.52. The van der Waals surface area contributed by atoms with Crippen LogP contribution in [0.25, 0.3) is 10.8 Å². The number of aryl methyl sites for hydroxylation is 1. The van der Waals surface area contributed by atoms with Crippen LogP contribution in [0.2, 0.25) is 5.15 Å². The molecule has 0 spiro atoms. The first-order valence-corrected chi connectivity index (χ1v) is 9.22. The predicted molar refractivity (Wildman–Crippen MR) is 90.0 cm³/mol. The minimum Gasteiger partial charge on any atom is -0.335 e. The van der Waals surface area contributed by atoms with Gasteiger partial charge in [-0.05, 0) is 12.5 Å². The maximum Gasteiger partial charge on any atom is 0.256 e. The Hall–Kier alpha value is -1.34. The Labute approximate surface area is 135 Å². The summed E-state index contributed by atoms with van der Waals surface area (Å²) in [5.74, 6) is 0.325. The van der Waals surface area contributed by atoms with E-state index in [0.29, 0.717) is 23.8 Å². The van der Waals surface area contributed by atoms with Gasteiger partial charge >= 0.3 is 0 Å². The molecular weight excluding hydrogens is 324 g/mol. The van der Waals surface area contributed by atoms with Crippen LogP contribution in [0.4, 0.5) is 0 Å². The number of carbonyl (C=O) groups excluding carboxylic acids is 1. The van der Waals surface area contributed by atoms with Crippen molar-refractivity contribution in [2.75, 3.05) is 24.6 Å². The highest BCUT2D eigenvalue weighted by atomic mass is 35.5. The molecule has 3 rings (SSSR count). The van der Waals surface area contributed by atoms with Gasteiger partial charge in [-0.25, -0.2) is 4.98 Å². The Kier molecular flexibility index (Phi) is 4.03. The summed E-state index contributed by atoms with van der Waals surface area (Å²) in [6.45, 7) is 2.62. The van der Waals surface area contributed by atoms with E-state index in [-0.39, 0.29) is 17.4 Å². The lowest BCUT2D eigenvalue weighted by Crippen LogP contribution is -2.42. The number of benzene rings is 1. The average molecular weight is 341 g/mol. The van der Waals surface area contributed by atoms with Gasteiger partial charge in [0.1, 0.15) is 5.15 Å². The van der Waals surface area contributed by atoms with Crippen LogP contribution >= 0.6 is 22.2 Å². The Bertz CT molecular complexity index is 741. The van der Waals surface area contributed by atoms with Gasteiger partial charge in [0.25, 0.3) is 5.91 Å². The summed E-state index contributed by atoms with van der Waals surface area (Å²) in [5, 5.41) is 1.95. The van der Waals surface area contributed by atoms with Crippen molar-refractivity contribution in [2.24, 2.45) is 0 Å². The number of fused-ring (bicyclic) bond motifs is 1. The molecular formula is C15H17ClN2O3S. The van der Waals surface area contributed by atoms with Crippen molar-refractivity contribution < 1.29 is 13.9 Å². The number of hydrogen-bond donors (Lipinski definition) is 2. The van der Waals surface area contributed by atoms with Crippen LogP contribution in [0.1, 0.15) is 15.9 Å². The van der Waals surface area contributed by atoms with E-state index < -0.39 is 10.6 Å². The Morgan fingerprint density at radius 2 is 2.00 bits per heavy atom. The summed E-state index contributed by atoms with van der Waals surface area (Å²) < 4.78 is 19.3. The molecule has 1 aliphatic heterocycles. The number of rotatable bonds is 1. The van der Waals surface area contributed by atoms with Crippen molar-refractivity contribution in [2.45, 2.75) is 6.92 Å². The van der Waals surface area contributed by atoms with E-state index in [0.717, 1.165) is 16.3 Å². The van der Waals surface area contributed by atoms with E-state index in [4.69, 9.17) is 11.6 Å². The third-order valence-electron chi connectivity index (χ3n) is 3.97. The Morgan fingerprint density at radius 1 is 1.32 bits per heavy atom. The molecule has 1 saturated heterocycles. The molecule has 0 aliphatic carbocycles. The van der Waals surface area contributed by atoms with Crippen LogP contribution in [0.5, 0.6) is 0 Å². The molecule has 1 fully saturated rings. The predicted octanol–water partition coefficient (Wildman–Crippen LogP) is 3.40. The molecule has 0 bridgehead atoms. The lowest BCUT2D eigenvalue weighted by molar-refractivity contribution is 0.0769. The molecule has 0 radical (unpaired) electrons. The zero-order valence-corrected chi connectivity index (χ0v) is 13.7. The third kappa shape index (κ3) is 2.79. The fourth-order valence-corrected chi connectivity index (χ4v) is 4.15. The number of amides is 1. The second kappa shape index (κ2) is 5.70. The summed E-state index contributed by atoms with van der Waals surface area (Å²) >= 11 is 6.13. The molecule has 1 aromatic heterocycles. The van der Waals surface area contributed by atoms with Crippen LogP contribution in [0, 0.1) is 6.92 Å². The van der Waals surface area contributed by atoms with Crippen LogP contribution in [0.3, 0.4) is 0 Å². The minimum atomic E-state index is -2.52. The smallest absolute Gasteiger partial charge is 0.256 e. The molecule has 1 aliphatic rings. The van der Waals surface area contributed by atoms with Crippen LogP contribution < -0.4 is 0 Å². The second-order valence-corrected chi connectivity index (χ2v) is 8.24. The zero-order valence-electron chi connectivity index (χ0n) is 12.1. The summed E-state index contributed by atoms with van der Waals surface area (Å²) in [5.41, 5.74) is 1.47. The molecule has 7 heteroatoms. The van der Waals surface area contributed by atoms with Crippen LogP contribution in [-0.2, 0) is 0 Å². The fraction of sp³-hybridized carbons (Fsp3) is 0.333. The van der Waals surface area contributed by atoms with E-state index in [9.17, 15) is 13.9 Å². The van der Waals surface area contributed by atoms with Gasteiger partial charge in [-0.3, -0.25) is 13.9 Å². The standard InChI is InChI=1S/C15H17ClN2O3S/c1-10-3-2-4-11-13(10)12(9-17-14(11)16)15(19)18-5-7-22(20,21)8-6-18/h2-4,9,20-21H,5-8H2,1H3. The van der Waals surface area contributed by atoms with Gasteiger partial charge in [0.15, 0.2) is 0 Å². The number of aromatic nitrogens is 1. The first-order chi connectivity index (χ1) is 10.4. The van der Waals surface area contributed by atoms with Crippen molar-refractivity contribution in [3.05, 3.63) is 40.7 Å². The largest absolute Gasteiger partial charge is 0.335 e. The molecule has 2 N–H and O–H groups in total. The highest BCUT2D eigenvalue weighted by Crippen LogP contribution is 2.40. The van der Waals surface area contributed by atoms with E-state index >= 15 is 0 Å². The molecule has 0 atom stereocenters. The number of nitrogens with zero attached hydrogens (tertiary/aromatic N) is 2. The van der Waals surface area contributed by atoms with Crippen molar-refractivity contribution in [3.8, 4) is 0 Å². The summed E-state index contributed by atoms with van der Waals surface area (Å²) in [4.78, 5) is 18.5. The van der Waals surface area contributed by atoms with Crippen molar-refractivity contribution in [1.82, 2.24) is 9.88 Å². The van der Waals surface area contributed by atoms with Gasteiger partial charge in [0.05, 0.1) is 17.1 Å². The molecule has 1 aromatic carbocycles.